The molecule has 148 valence electrons. The summed E-state index contributed by atoms with van der Waals surface area (Å²) >= 11 is 0. The lowest BCUT2D eigenvalue weighted by molar-refractivity contribution is 0.0483. The standard InChI is InChI=1S/C21H20N4O4/c1-28-21(27)19-10-6-5-9-18(19)20(26)24-12-16(13-24)25-11-15(22-23-25)14-29-17-7-3-2-4-8-17/h2-11,16H,12-14H2,1H3. The van der Waals surface area contributed by atoms with E-state index >= 15 is 0 Å². The Morgan fingerprint density at radius 1 is 1.03 bits per heavy atom. The Balaban J connectivity index is 1.35. The molecule has 0 spiro atoms. The zero-order valence-electron chi connectivity index (χ0n) is 15.9. The molecule has 1 aromatic heterocycles. The maximum Gasteiger partial charge on any atom is 0.338 e. The van der Waals surface area contributed by atoms with Crippen LogP contribution in [0.15, 0.2) is 60.8 Å². The van der Waals surface area contributed by atoms with Crippen LogP contribution >= 0.6 is 0 Å². The molecule has 29 heavy (non-hydrogen) atoms. The van der Waals surface area contributed by atoms with Crippen LogP contribution in [0.4, 0.5) is 0 Å². The van der Waals surface area contributed by atoms with Gasteiger partial charge in [-0.25, -0.2) is 9.48 Å². The summed E-state index contributed by atoms with van der Waals surface area (Å²) in [5, 5.41) is 8.28. The van der Waals surface area contributed by atoms with E-state index in [9.17, 15) is 9.59 Å². The van der Waals surface area contributed by atoms with Crippen molar-refractivity contribution in [2.75, 3.05) is 20.2 Å². The number of likely N-dealkylation sites (tertiary alicyclic amines) is 1. The average Bonchev–Trinajstić information content (AvgIpc) is 3.19. The van der Waals surface area contributed by atoms with E-state index in [1.165, 1.54) is 7.11 Å². The van der Waals surface area contributed by atoms with Crippen LogP contribution in [0, 0.1) is 0 Å². The minimum absolute atomic E-state index is 0.0437. The SMILES string of the molecule is COC(=O)c1ccccc1C(=O)N1CC(n2cc(COc3ccccc3)nn2)C1. The highest BCUT2D eigenvalue weighted by Gasteiger charge is 2.34. The second-order valence-corrected chi connectivity index (χ2v) is 6.69. The maximum atomic E-state index is 12.8. The van der Waals surface area contributed by atoms with Crippen molar-refractivity contribution in [3.8, 4) is 5.75 Å². The molecular weight excluding hydrogens is 372 g/mol. The summed E-state index contributed by atoms with van der Waals surface area (Å²) in [6.45, 7) is 1.32. The molecule has 4 rings (SSSR count). The Bertz CT molecular complexity index is 1010. The molecule has 0 aliphatic carbocycles. The molecule has 2 heterocycles. The molecule has 8 heteroatoms. The normalized spacial score (nSPS) is 13.6. The van der Waals surface area contributed by atoms with E-state index in [1.54, 1.807) is 33.8 Å². The summed E-state index contributed by atoms with van der Waals surface area (Å²) in [5.41, 5.74) is 1.33. The largest absolute Gasteiger partial charge is 0.487 e. The highest BCUT2D eigenvalue weighted by molar-refractivity contribution is 6.05. The second-order valence-electron chi connectivity index (χ2n) is 6.69. The Morgan fingerprint density at radius 2 is 1.72 bits per heavy atom. The van der Waals surface area contributed by atoms with Crippen molar-refractivity contribution in [3.63, 3.8) is 0 Å². The molecule has 1 aliphatic rings. The van der Waals surface area contributed by atoms with Gasteiger partial charge in [-0.3, -0.25) is 4.79 Å². The summed E-state index contributed by atoms with van der Waals surface area (Å²) in [6, 6.07) is 16.2. The minimum atomic E-state index is -0.523. The Hall–Kier alpha value is -3.68. The highest BCUT2D eigenvalue weighted by Crippen LogP contribution is 2.24. The molecule has 0 N–H and O–H groups in total. The van der Waals surface area contributed by atoms with E-state index < -0.39 is 5.97 Å². The molecule has 1 aliphatic heterocycles. The Morgan fingerprint density at radius 3 is 2.45 bits per heavy atom. The van der Waals surface area contributed by atoms with E-state index in [4.69, 9.17) is 9.47 Å². The third-order valence-corrected chi connectivity index (χ3v) is 4.77. The average molecular weight is 392 g/mol. The number of carbonyl (C=O) groups is 2. The fourth-order valence-corrected chi connectivity index (χ4v) is 3.15. The van der Waals surface area contributed by atoms with Gasteiger partial charge in [0.2, 0.25) is 0 Å². The zero-order valence-corrected chi connectivity index (χ0v) is 15.9. The van der Waals surface area contributed by atoms with Gasteiger partial charge in [-0.1, -0.05) is 35.5 Å². The van der Waals surface area contributed by atoms with Gasteiger partial charge in [0.1, 0.15) is 18.1 Å². The third kappa shape index (κ3) is 3.96. The van der Waals surface area contributed by atoms with E-state index in [-0.39, 0.29) is 17.5 Å². The van der Waals surface area contributed by atoms with Crippen molar-refractivity contribution in [2.45, 2.75) is 12.6 Å². The van der Waals surface area contributed by atoms with Gasteiger partial charge in [0.25, 0.3) is 5.91 Å². The fraction of sp³-hybridized carbons (Fsp3) is 0.238. The quantitative estimate of drug-likeness (QED) is 0.599. The number of carbonyl (C=O) groups excluding carboxylic acids is 2. The van der Waals surface area contributed by atoms with Gasteiger partial charge in [0, 0.05) is 13.1 Å². The van der Waals surface area contributed by atoms with E-state index in [0.717, 1.165) is 11.4 Å². The first-order valence-electron chi connectivity index (χ1n) is 9.21. The van der Waals surface area contributed by atoms with E-state index in [2.05, 4.69) is 10.3 Å². The summed E-state index contributed by atoms with van der Waals surface area (Å²) in [7, 11) is 1.30. The number of ether oxygens (including phenoxy) is 2. The van der Waals surface area contributed by atoms with Crippen molar-refractivity contribution >= 4 is 11.9 Å². The predicted octanol–water partition coefficient (Wildman–Crippen LogP) is 2.34. The van der Waals surface area contributed by atoms with Gasteiger partial charge in [-0.15, -0.1) is 5.10 Å². The lowest BCUT2D eigenvalue weighted by Gasteiger charge is -2.39. The Kier molecular flexibility index (Phi) is 5.24. The molecular formula is C21H20N4O4. The lowest BCUT2D eigenvalue weighted by atomic mass is 10.0. The number of aromatic nitrogens is 3. The molecule has 0 radical (unpaired) electrons. The topological polar surface area (TPSA) is 86.6 Å². The van der Waals surface area contributed by atoms with Crippen LogP contribution in [0.2, 0.25) is 0 Å². The number of hydrogen-bond acceptors (Lipinski definition) is 6. The molecule has 0 saturated carbocycles. The van der Waals surface area contributed by atoms with E-state index in [0.29, 0.717) is 25.3 Å². The van der Waals surface area contributed by atoms with Crippen LogP contribution in [-0.2, 0) is 11.3 Å². The molecule has 8 nitrogen and oxygen atoms in total. The number of benzene rings is 2. The first-order valence-corrected chi connectivity index (χ1v) is 9.21. The second kappa shape index (κ2) is 8.14. The van der Waals surface area contributed by atoms with Crippen LogP contribution in [0.5, 0.6) is 5.75 Å². The molecule has 3 aromatic rings. The minimum Gasteiger partial charge on any atom is -0.487 e. The summed E-state index contributed by atoms with van der Waals surface area (Å²) in [4.78, 5) is 26.3. The van der Waals surface area contributed by atoms with Crippen molar-refractivity contribution in [3.05, 3.63) is 77.6 Å². The molecule has 0 atom stereocenters. The number of methoxy groups -OCH3 is 1. The van der Waals surface area contributed by atoms with Gasteiger partial charge in [-0.05, 0) is 24.3 Å². The zero-order chi connectivity index (χ0) is 20.2. The van der Waals surface area contributed by atoms with Crippen molar-refractivity contribution in [1.82, 2.24) is 19.9 Å². The van der Waals surface area contributed by atoms with Crippen LogP contribution in [0.25, 0.3) is 0 Å². The number of amides is 1. The third-order valence-electron chi connectivity index (χ3n) is 4.77. The first kappa shape index (κ1) is 18.7. The molecule has 2 aromatic carbocycles. The van der Waals surface area contributed by atoms with Gasteiger partial charge < -0.3 is 14.4 Å². The van der Waals surface area contributed by atoms with Crippen molar-refractivity contribution in [1.29, 1.82) is 0 Å². The number of rotatable bonds is 6. The van der Waals surface area contributed by atoms with Crippen molar-refractivity contribution < 1.29 is 19.1 Å². The monoisotopic (exact) mass is 392 g/mol. The summed E-state index contributed by atoms with van der Waals surface area (Å²) < 4.78 is 12.2. The van der Waals surface area contributed by atoms with Crippen LogP contribution < -0.4 is 4.74 Å². The van der Waals surface area contributed by atoms with Gasteiger partial charge in [0.05, 0.1) is 30.5 Å². The molecule has 0 unspecified atom stereocenters. The van der Waals surface area contributed by atoms with Crippen molar-refractivity contribution in [2.24, 2.45) is 0 Å². The molecule has 1 amide bonds. The van der Waals surface area contributed by atoms with Gasteiger partial charge >= 0.3 is 5.97 Å². The summed E-state index contributed by atoms with van der Waals surface area (Å²) in [5.74, 6) is 0.0482. The van der Waals surface area contributed by atoms with Crippen LogP contribution in [0.1, 0.15) is 32.5 Å². The van der Waals surface area contributed by atoms with E-state index in [1.807, 2.05) is 36.5 Å². The molecule has 1 fully saturated rings. The van der Waals surface area contributed by atoms with Gasteiger partial charge in [0.15, 0.2) is 0 Å². The van der Waals surface area contributed by atoms with Crippen LogP contribution in [-0.4, -0.2) is 52.0 Å². The first-order chi connectivity index (χ1) is 14.2. The maximum absolute atomic E-state index is 12.8. The lowest BCUT2D eigenvalue weighted by Crippen LogP contribution is -2.51. The number of para-hydroxylation sites is 1. The highest BCUT2D eigenvalue weighted by atomic mass is 16.5. The Labute approximate surface area is 167 Å². The number of hydrogen-bond donors (Lipinski definition) is 0. The predicted molar refractivity (Wildman–Crippen MR) is 104 cm³/mol. The molecule has 1 saturated heterocycles. The van der Waals surface area contributed by atoms with Gasteiger partial charge in [-0.2, -0.15) is 0 Å². The fourth-order valence-electron chi connectivity index (χ4n) is 3.15. The molecule has 0 bridgehead atoms. The summed E-state index contributed by atoms with van der Waals surface area (Å²) in [6.07, 6.45) is 1.83. The number of nitrogens with zero attached hydrogens (tertiary/aromatic N) is 4. The smallest absolute Gasteiger partial charge is 0.338 e. The van der Waals surface area contributed by atoms with Crippen LogP contribution in [0.3, 0.4) is 0 Å². The number of esters is 1.